The molecule has 0 spiro atoms. The topological polar surface area (TPSA) is 36.4 Å². The first-order valence-electron chi connectivity index (χ1n) is 12.1. The molecule has 1 amide bonds. The van der Waals surface area contributed by atoms with Crippen molar-refractivity contribution in [2.24, 2.45) is 0 Å². The van der Waals surface area contributed by atoms with Gasteiger partial charge in [-0.3, -0.25) is 4.98 Å². The molecule has 174 valence electrons. The molecule has 1 aliphatic heterocycles. The van der Waals surface area contributed by atoms with Crippen LogP contribution in [0.25, 0.3) is 5.57 Å². The summed E-state index contributed by atoms with van der Waals surface area (Å²) in [5, 5.41) is 0. The van der Waals surface area contributed by atoms with Crippen LogP contribution in [0.15, 0.2) is 78.6 Å². The zero-order valence-electron chi connectivity index (χ0n) is 20.1. The second-order valence-electron chi connectivity index (χ2n) is 8.72. The molecule has 3 aromatic rings. The summed E-state index contributed by atoms with van der Waals surface area (Å²) >= 11 is 2.65. The fraction of sp³-hybridized carbons (Fsp3) is 0.310. The molecular weight excluding hydrogens is 481 g/mol. The van der Waals surface area contributed by atoms with E-state index in [-0.39, 0.29) is 5.91 Å². The van der Waals surface area contributed by atoms with Crippen molar-refractivity contribution >= 4 is 32.7 Å². The fourth-order valence-electron chi connectivity index (χ4n) is 4.69. The van der Waals surface area contributed by atoms with Crippen LogP contribution in [0.4, 0.5) is 0 Å². The molecule has 0 aliphatic carbocycles. The van der Waals surface area contributed by atoms with Gasteiger partial charge < -0.3 is 0 Å². The number of hydrogen-bond donors (Lipinski definition) is 0. The molecule has 34 heavy (non-hydrogen) atoms. The van der Waals surface area contributed by atoms with Gasteiger partial charge in [-0.05, 0) is 0 Å². The summed E-state index contributed by atoms with van der Waals surface area (Å²) in [6.07, 6.45) is 5.83. The summed E-state index contributed by atoms with van der Waals surface area (Å²) in [6, 6.07) is 21.1. The SMILES string of the molecule is CCN(CC)C(=O)c1ccc(C(=C2CCN(Cc3ccncc3)CC2)c2cccc([As])c2)cc1. The molecule has 0 atom stereocenters. The number of hydrogen-bond acceptors (Lipinski definition) is 3. The molecule has 0 saturated carbocycles. The maximum atomic E-state index is 12.8. The number of piperidine rings is 1. The molecule has 1 aromatic heterocycles. The molecule has 2 aromatic carbocycles. The van der Waals surface area contributed by atoms with Crippen molar-refractivity contribution in [2.75, 3.05) is 26.2 Å². The normalized spacial score (nSPS) is 14.1. The van der Waals surface area contributed by atoms with Gasteiger partial charge in [-0.15, -0.1) is 0 Å². The molecule has 1 aliphatic rings. The summed E-state index contributed by atoms with van der Waals surface area (Å²) in [4.78, 5) is 21.3. The van der Waals surface area contributed by atoms with Gasteiger partial charge in [0.25, 0.3) is 0 Å². The van der Waals surface area contributed by atoms with Crippen LogP contribution in [-0.2, 0) is 6.54 Å². The quantitative estimate of drug-likeness (QED) is 0.438. The first-order chi connectivity index (χ1) is 16.6. The third-order valence-electron chi connectivity index (χ3n) is 6.57. The number of amides is 1. The molecule has 1 fully saturated rings. The van der Waals surface area contributed by atoms with Crippen molar-refractivity contribution in [3.05, 3.63) is 101 Å². The molecule has 4 rings (SSSR count). The number of carbonyl (C=O) groups is 1. The molecule has 4 nitrogen and oxygen atoms in total. The number of carbonyl (C=O) groups excluding carboxylic acids is 1. The summed E-state index contributed by atoms with van der Waals surface area (Å²) in [5.41, 5.74) is 7.31. The van der Waals surface area contributed by atoms with Gasteiger partial charge in [0.15, 0.2) is 0 Å². The number of aromatic nitrogens is 1. The predicted octanol–water partition coefficient (Wildman–Crippen LogP) is 4.46. The molecule has 0 bridgehead atoms. The van der Waals surface area contributed by atoms with Gasteiger partial charge in [-0.25, -0.2) is 0 Å². The van der Waals surface area contributed by atoms with E-state index >= 15 is 0 Å². The van der Waals surface area contributed by atoms with E-state index in [1.54, 1.807) is 0 Å². The van der Waals surface area contributed by atoms with E-state index in [0.717, 1.165) is 51.1 Å². The van der Waals surface area contributed by atoms with Gasteiger partial charge in [0.05, 0.1) is 0 Å². The average Bonchev–Trinajstić information content (AvgIpc) is 2.87. The van der Waals surface area contributed by atoms with Crippen molar-refractivity contribution < 1.29 is 4.79 Å². The fourth-order valence-corrected chi connectivity index (χ4v) is 5.16. The molecular formula is C29H32AsN3O. The van der Waals surface area contributed by atoms with Crippen LogP contribution in [-0.4, -0.2) is 63.7 Å². The Kier molecular flexibility index (Phi) is 8.37. The van der Waals surface area contributed by atoms with Crippen molar-refractivity contribution in [3.63, 3.8) is 0 Å². The Morgan fingerprint density at radius 2 is 1.56 bits per heavy atom. The van der Waals surface area contributed by atoms with Crippen LogP contribution in [0.3, 0.4) is 0 Å². The molecule has 1 saturated heterocycles. The predicted molar refractivity (Wildman–Crippen MR) is 140 cm³/mol. The molecule has 0 N–H and O–H groups in total. The standard InChI is InChI=1S/C29H32AsN3O/c1-3-33(4-2)29(34)25-10-8-23(9-11-25)28(26-6-5-7-27(30)20-26)24-14-18-32(19-15-24)21-22-12-16-31-17-13-22/h5-13,16-17,20H,3-4,14-15,18-19,21H2,1-2H3. The van der Waals surface area contributed by atoms with Crippen molar-refractivity contribution in [1.82, 2.24) is 14.8 Å². The van der Waals surface area contributed by atoms with Crippen molar-refractivity contribution in [3.8, 4) is 0 Å². The van der Waals surface area contributed by atoms with Crippen LogP contribution in [0, 0.1) is 0 Å². The Bertz CT molecular complexity index is 1130. The van der Waals surface area contributed by atoms with Crippen molar-refractivity contribution in [1.29, 1.82) is 0 Å². The van der Waals surface area contributed by atoms with Crippen LogP contribution >= 0.6 is 0 Å². The number of pyridine rings is 1. The van der Waals surface area contributed by atoms with Crippen LogP contribution in [0.1, 0.15) is 53.7 Å². The first-order valence-corrected chi connectivity index (χ1v) is 13.0. The zero-order chi connectivity index (χ0) is 23.9. The molecule has 5 heteroatoms. The Balaban J connectivity index is 1.61. The molecule has 0 unspecified atom stereocenters. The second kappa shape index (κ2) is 11.6. The number of rotatable bonds is 7. The van der Waals surface area contributed by atoms with Gasteiger partial charge in [0, 0.05) is 0 Å². The monoisotopic (exact) mass is 513 g/mol. The van der Waals surface area contributed by atoms with Gasteiger partial charge >= 0.3 is 208 Å². The van der Waals surface area contributed by atoms with E-state index in [1.807, 2.05) is 43.3 Å². The number of benzene rings is 2. The number of likely N-dealkylation sites (tertiary alicyclic amines) is 1. The van der Waals surface area contributed by atoms with Crippen LogP contribution in [0.2, 0.25) is 0 Å². The number of nitrogens with zero attached hydrogens (tertiary/aromatic N) is 3. The van der Waals surface area contributed by atoms with E-state index in [1.165, 1.54) is 32.2 Å². The Morgan fingerprint density at radius 3 is 2.18 bits per heavy atom. The van der Waals surface area contributed by atoms with E-state index in [9.17, 15) is 4.79 Å². The Morgan fingerprint density at radius 1 is 0.912 bits per heavy atom. The van der Waals surface area contributed by atoms with Crippen molar-refractivity contribution in [2.45, 2.75) is 33.2 Å². The third-order valence-corrected chi connectivity index (χ3v) is 7.16. The van der Waals surface area contributed by atoms with E-state index in [2.05, 4.69) is 75.3 Å². The summed E-state index contributed by atoms with van der Waals surface area (Å²) in [6.45, 7) is 8.55. The maximum absolute atomic E-state index is 12.8. The minimum atomic E-state index is 0.100. The summed E-state index contributed by atoms with van der Waals surface area (Å²) in [7, 11) is 0. The zero-order valence-corrected chi connectivity index (χ0v) is 22.0. The Labute approximate surface area is 212 Å². The first kappa shape index (κ1) is 24.4. The summed E-state index contributed by atoms with van der Waals surface area (Å²) in [5.74, 6) is 0.100. The minimum absolute atomic E-state index is 0.100. The van der Waals surface area contributed by atoms with Gasteiger partial charge in [0.2, 0.25) is 0 Å². The van der Waals surface area contributed by atoms with Crippen LogP contribution in [0.5, 0.6) is 0 Å². The third kappa shape index (κ3) is 5.86. The molecule has 2 radical (unpaired) electrons. The van der Waals surface area contributed by atoms with E-state index in [0.29, 0.717) is 0 Å². The summed E-state index contributed by atoms with van der Waals surface area (Å²) < 4.78 is 1.20. The second-order valence-corrected chi connectivity index (χ2v) is 9.80. The van der Waals surface area contributed by atoms with E-state index in [4.69, 9.17) is 0 Å². The van der Waals surface area contributed by atoms with Gasteiger partial charge in [-0.2, -0.15) is 0 Å². The van der Waals surface area contributed by atoms with Gasteiger partial charge in [0.1, 0.15) is 0 Å². The Hall–Kier alpha value is -2.68. The average molecular weight is 514 g/mol. The molecule has 2 heterocycles. The van der Waals surface area contributed by atoms with E-state index < -0.39 is 0 Å². The van der Waals surface area contributed by atoms with Gasteiger partial charge in [-0.1, -0.05) is 0 Å². The van der Waals surface area contributed by atoms with Crippen LogP contribution < -0.4 is 4.35 Å².